The van der Waals surface area contributed by atoms with Gasteiger partial charge >= 0.3 is 5.97 Å². The molecule has 3 heterocycles. The van der Waals surface area contributed by atoms with Crippen LogP contribution < -0.4 is 5.56 Å². The van der Waals surface area contributed by atoms with Gasteiger partial charge in [-0.25, -0.2) is 4.98 Å². The van der Waals surface area contributed by atoms with Crippen LogP contribution in [0.3, 0.4) is 0 Å². The van der Waals surface area contributed by atoms with Gasteiger partial charge in [-0.15, -0.1) is 0 Å². The zero-order valence-electron chi connectivity index (χ0n) is 15.7. The second-order valence-electron chi connectivity index (χ2n) is 6.86. The molecule has 5 rings (SSSR count). The Morgan fingerprint density at radius 2 is 1.83 bits per heavy atom. The van der Waals surface area contributed by atoms with Crippen molar-refractivity contribution < 1.29 is 9.53 Å². The Balaban J connectivity index is 1.37. The highest BCUT2D eigenvalue weighted by molar-refractivity contribution is 7.23. The van der Waals surface area contributed by atoms with Crippen molar-refractivity contribution in [3.05, 3.63) is 82.4 Å². The molecule has 6 nitrogen and oxygen atoms in total. The van der Waals surface area contributed by atoms with Gasteiger partial charge in [0.05, 0.1) is 15.9 Å². The second kappa shape index (κ2) is 6.86. The van der Waals surface area contributed by atoms with Gasteiger partial charge in [0, 0.05) is 17.3 Å². The molecule has 0 amide bonds. The van der Waals surface area contributed by atoms with E-state index in [4.69, 9.17) is 4.74 Å². The SMILES string of the molecule is Cc1cc2ccccc2n1CC(=O)OCc1cc(=O)n2c(n1)sc1ccccc12. The third-order valence-corrected chi connectivity index (χ3v) is 5.96. The summed E-state index contributed by atoms with van der Waals surface area (Å²) < 4.78 is 9.91. The lowest BCUT2D eigenvalue weighted by molar-refractivity contribution is -0.145. The molecule has 0 fully saturated rings. The number of aryl methyl sites for hydroxylation is 1. The molecule has 0 aliphatic heterocycles. The first-order chi connectivity index (χ1) is 14.1. The first-order valence-corrected chi connectivity index (χ1v) is 10.0. The molecule has 0 saturated heterocycles. The van der Waals surface area contributed by atoms with E-state index in [0.717, 1.165) is 26.8 Å². The Labute approximate surface area is 169 Å². The second-order valence-corrected chi connectivity index (χ2v) is 7.87. The van der Waals surface area contributed by atoms with E-state index in [1.54, 1.807) is 4.40 Å². The largest absolute Gasteiger partial charge is 0.458 e. The van der Waals surface area contributed by atoms with Gasteiger partial charge < -0.3 is 9.30 Å². The molecule has 7 heteroatoms. The summed E-state index contributed by atoms with van der Waals surface area (Å²) in [5.41, 5.74) is 3.09. The van der Waals surface area contributed by atoms with Gasteiger partial charge in [-0.05, 0) is 36.6 Å². The van der Waals surface area contributed by atoms with Crippen molar-refractivity contribution in [2.45, 2.75) is 20.1 Å². The molecule has 0 atom stereocenters. The smallest absolute Gasteiger partial charge is 0.326 e. The lowest BCUT2D eigenvalue weighted by Gasteiger charge is -2.09. The number of ether oxygens (including phenoxy) is 1. The topological polar surface area (TPSA) is 65.6 Å². The van der Waals surface area contributed by atoms with Gasteiger partial charge in [-0.2, -0.15) is 0 Å². The lowest BCUT2D eigenvalue weighted by atomic mass is 10.2. The zero-order valence-corrected chi connectivity index (χ0v) is 16.5. The maximum Gasteiger partial charge on any atom is 0.326 e. The number of esters is 1. The van der Waals surface area contributed by atoms with Gasteiger partial charge in [0.25, 0.3) is 5.56 Å². The molecule has 3 aromatic heterocycles. The van der Waals surface area contributed by atoms with E-state index in [9.17, 15) is 9.59 Å². The van der Waals surface area contributed by atoms with E-state index in [1.807, 2.05) is 66.1 Å². The van der Waals surface area contributed by atoms with Crippen LogP contribution in [0, 0.1) is 6.92 Å². The Morgan fingerprint density at radius 3 is 2.69 bits per heavy atom. The molecule has 0 spiro atoms. The molecule has 0 saturated carbocycles. The van der Waals surface area contributed by atoms with Gasteiger partial charge in [0.15, 0.2) is 4.96 Å². The first kappa shape index (κ1) is 17.6. The van der Waals surface area contributed by atoms with Crippen molar-refractivity contribution in [1.82, 2.24) is 14.0 Å². The fraction of sp³-hybridized carbons (Fsp3) is 0.136. The van der Waals surface area contributed by atoms with E-state index < -0.39 is 0 Å². The van der Waals surface area contributed by atoms with Crippen LogP contribution in [0.5, 0.6) is 0 Å². The fourth-order valence-corrected chi connectivity index (χ4v) is 4.63. The van der Waals surface area contributed by atoms with Gasteiger partial charge in [-0.1, -0.05) is 41.7 Å². The number of para-hydroxylation sites is 2. The minimum atomic E-state index is -0.368. The minimum absolute atomic E-state index is 0.0307. The summed E-state index contributed by atoms with van der Waals surface area (Å²) in [6.45, 7) is 2.05. The van der Waals surface area contributed by atoms with Crippen molar-refractivity contribution >= 4 is 43.4 Å². The molecule has 144 valence electrons. The van der Waals surface area contributed by atoms with Gasteiger partial charge in [-0.3, -0.25) is 14.0 Å². The van der Waals surface area contributed by atoms with Crippen LogP contribution in [-0.4, -0.2) is 19.9 Å². The summed E-state index contributed by atoms with van der Waals surface area (Å²) >= 11 is 1.44. The van der Waals surface area contributed by atoms with Crippen molar-refractivity contribution in [3.8, 4) is 0 Å². The monoisotopic (exact) mass is 403 g/mol. The Hall–Kier alpha value is -3.45. The molecule has 0 N–H and O–H groups in total. The summed E-state index contributed by atoms with van der Waals surface area (Å²) in [4.78, 5) is 30.1. The van der Waals surface area contributed by atoms with Crippen LogP contribution in [-0.2, 0) is 22.7 Å². The molecular formula is C22H17N3O3S. The number of rotatable bonds is 4. The number of benzene rings is 2. The molecule has 0 radical (unpaired) electrons. The first-order valence-electron chi connectivity index (χ1n) is 9.21. The van der Waals surface area contributed by atoms with E-state index in [0.29, 0.717) is 10.7 Å². The normalized spacial score (nSPS) is 11.5. The van der Waals surface area contributed by atoms with Gasteiger partial charge in [0.2, 0.25) is 0 Å². The predicted molar refractivity (Wildman–Crippen MR) is 113 cm³/mol. The summed E-state index contributed by atoms with van der Waals surface area (Å²) in [6, 6.07) is 19.1. The molecular weight excluding hydrogens is 386 g/mol. The fourth-order valence-electron chi connectivity index (χ4n) is 3.58. The van der Waals surface area contributed by atoms with Crippen LogP contribution in [0.4, 0.5) is 0 Å². The van der Waals surface area contributed by atoms with Crippen LogP contribution in [0.1, 0.15) is 11.4 Å². The standard InChI is InChI=1S/C22H17N3O3S/c1-14-10-15-6-2-3-7-17(15)24(14)12-21(27)28-13-16-11-20(26)25-18-8-4-5-9-19(18)29-22(25)23-16/h2-11H,12-13H2,1H3. The molecule has 0 unspecified atom stereocenters. The number of carbonyl (C=O) groups excluding carboxylic acids is 1. The number of fused-ring (bicyclic) bond motifs is 4. The highest BCUT2D eigenvalue weighted by Gasteiger charge is 2.13. The van der Waals surface area contributed by atoms with Crippen molar-refractivity contribution in [3.63, 3.8) is 0 Å². The molecule has 5 aromatic rings. The average Bonchev–Trinajstić information content (AvgIpc) is 3.24. The van der Waals surface area contributed by atoms with Crippen LogP contribution in [0.15, 0.2) is 65.5 Å². The van der Waals surface area contributed by atoms with Gasteiger partial charge in [0.1, 0.15) is 13.2 Å². The lowest BCUT2D eigenvalue weighted by Crippen LogP contribution is -2.17. The molecule has 0 aliphatic rings. The number of hydrogen-bond acceptors (Lipinski definition) is 5. The number of aromatic nitrogens is 3. The summed E-state index contributed by atoms with van der Waals surface area (Å²) in [7, 11) is 0. The van der Waals surface area contributed by atoms with Crippen LogP contribution in [0.2, 0.25) is 0 Å². The molecule has 29 heavy (non-hydrogen) atoms. The maximum absolute atomic E-state index is 12.6. The Bertz CT molecular complexity index is 1440. The average molecular weight is 403 g/mol. The highest BCUT2D eigenvalue weighted by Crippen LogP contribution is 2.23. The third-order valence-electron chi connectivity index (χ3n) is 4.93. The van der Waals surface area contributed by atoms with Crippen molar-refractivity contribution in [1.29, 1.82) is 0 Å². The van der Waals surface area contributed by atoms with E-state index in [1.165, 1.54) is 17.4 Å². The maximum atomic E-state index is 12.6. The summed E-state index contributed by atoms with van der Waals surface area (Å²) in [5.74, 6) is -0.368. The zero-order chi connectivity index (χ0) is 20.0. The quantitative estimate of drug-likeness (QED) is 0.427. The van der Waals surface area contributed by atoms with Crippen LogP contribution >= 0.6 is 11.3 Å². The number of thiazole rings is 1. The Kier molecular flexibility index (Phi) is 4.17. The minimum Gasteiger partial charge on any atom is -0.458 e. The van der Waals surface area contributed by atoms with E-state index in [2.05, 4.69) is 4.98 Å². The summed E-state index contributed by atoms with van der Waals surface area (Å²) in [6.07, 6.45) is 0. The molecule has 2 aromatic carbocycles. The molecule has 0 aliphatic carbocycles. The third kappa shape index (κ3) is 3.09. The van der Waals surface area contributed by atoms with E-state index >= 15 is 0 Å². The Morgan fingerprint density at radius 1 is 1.07 bits per heavy atom. The summed E-state index contributed by atoms with van der Waals surface area (Å²) in [5, 5.41) is 1.09. The number of carbonyl (C=O) groups is 1. The van der Waals surface area contributed by atoms with Crippen molar-refractivity contribution in [2.24, 2.45) is 0 Å². The number of nitrogens with zero attached hydrogens (tertiary/aromatic N) is 3. The van der Waals surface area contributed by atoms with Crippen LogP contribution in [0.25, 0.3) is 26.1 Å². The van der Waals surface area contributed by atoms with E-state index in [-0.39, 0.29) is 24.7 Å². The van der Waals surface area contributed by atoms with Crippen molar-refractivity contribution in [2.75, 3.05) is 0 Å². The predicted octanol–water partition coefficient (Wildman–Crippen LogP) is 3.92. The molecule has 0 bridgehead atoms. The number of hydrogen-bond donors (Lipinski definition) is 0. The highest BCUT2D eigenvalue weighted by atomic mass is 32.1.